The highest BCUT2D eigenvalue weighted by Gasteiger charge is 2.14. The Balaban J connectivity index is 1.74. The number of carbonyl (C=O) groups excluding carboxylic acids is 1. The lowest BCUT2D eigenvalue weighted by atomic mass is 10.1. The first-order valence-corrected chi connectivity index (χ1v) is 8.65. The van der Waals surface area contributed by atoms with Gasteiger partial charge in [-0.1, -0.05) is 28.1 Å². The van der Waals surface area contributed by atoms with Crippen molar-refractivity contribution in [1.29, 1.82) is 0 Å². The number of hydrogen-bond acceptors (Lipinski definition) is 3. The SMILES string of the molecule is Cc1cccc(OCCNC(=O)C(C)Oc2ccc(Br)cc2)c1C. The number of amides is 1. The van der Waals surface area contributed by atoms with Gasteiger partial charge < -0.3 is 14.8 Å². The lowest BCUT2D eigenvalue weighted by Crippen LogP contribution is -2.38. The predicted octanol–water partition coefficient (Wildman–Crippen LogP) is 4.03. The van der Waals surface area contributed by atoms with Crippen LogP contribution in [0.2, 0.25) is 0 Å². The number of carbonyl (C=O) groups is 1. The minimum atomic E-state index is -0.563. The van der Waals surface area contributed by atoms with E-state index in [0.717, 1.165) is 15.8 Å². The first kappa shape index (κ1) is 18.3. The number of rotatable bonds is 7. The summed E-state index contributed by atoms with van der Waals surface area (Å²) in [6.07, 6.45) is -0.563. The molecule has 2 aromatic carbocycles. The van der Waals surface area contributed by atoms with Crippen molar-refractivity contribution >= 4 is 21.8 Å². The lowest BCUT2D eigenvalue weighted by molar-refractivity contribution is -0.127. The van der Waals surface area contributed by atoms with E-state index in [0.29, 0.717) is 18.9 Å². The molecular weight excluding hydrogens is 370 g/mol. The Morgan fingerprint density at radius 1 is 1.17 bits per heavy atom. The quantitative estimate of drug-likeness (QED) is 0.724. The highest BCUT2D eigenvalue weighted by molar-refractivity contribution is 9.10. The molecule has 0 radical (unpaired) electrons. The van der Waals surface area contributed by atoms with Gasteiger partial charge in [0.25, 0.3) is 5.91 Å². The van der Waals surface area contributed by atoms with Gasteiger partial charge in [-0.25, -0.2) is 0 Å². The Bertz CT molecular complexity index is 686. The minimum Gasteiger partial charge on any atom is -0.491 e. The second kappa shape index (κ2) is 8.73. The number of nitrogens with one attached hydrogen (secondary N) is 1. The van der Waals surface area contributed by atoms with Crippen molar-refractivity contribution in [2.75, 3.05) is 13.2 Å². The first-order chi connectivity index (χ1) is 11.5. The highest BCUT2D eigenvalue weighted by atomic mass is 79.9. The maximum Gasteiger partial charge on any atom is 0.260 e. The van der Waals surface area contributed by atoms with Crippen LogP contribution in [0.3, 0.4) is 0 Å². The normalized spacial score (nSPS) is 11.7. The third-order valence-corrected chi connectivity index (χ3v) is 4.24. The van der Waals surface area contributed by atoms with Crippen molar-refractivity contribution in [3.8, 4) is 11.5 Å². The molecule has 128 valence electrons. The summed E-state index contributed by atoms with van der Waals surface area (Å²) in [6.45, 7) is 6.65. The van der Waals surface area contributed by atoms with E-state index in [-0.39, 0.29) is 5.91 Å². The highest BCUT2D eigenvalue weighted by Crippen LogP contribution is 2.20. The molecule has 2 rings (SSSR count). The van der Waals surface area contributed by atoms with Gasteiger partial charge in [0.1, 0.15) is 18.1 Å². The summed E-state index contributed by atoms with van der Waals surface area (Å²) >= 11 is 3.36. The first-order valence-electron chi connectivity index (χ1n) is 7.86. The van der Waals surface area contributed by atoms with Crippen molar-refractivity contribution in [3.63, 3.8) is 0 Å². The molecule has 0 saturated carbocycles. The number of ether oxygens (including phenoxy) is 2. The minimum absolute atomic E-state index is 0.164. The van der Waals surface area contributed by atoms with Gasteiger partial charge in [0.05, 0.1) is 6.54 Å². The van der Waals surface area contributed by atoms with E-state index in [4.69, 9.17) is 9.47 Å². The molecule has 0 heterocycles. The van der Waals surface area contributed by atoms with E-state index in [1.54, 1.807) is 6.92 Å². The van der Waals surface area contributed by atoms with E-state index >= 15 is 0 Å². The summed E-state index contributed by atoms with van der Waals surface area (Å²) in [4.78, 5) is 12.0. The van der Waals surface area contributed by atoms with Gasteiger partial charge in [-0.2, -0.15) is 0 Å². The molecule has 0 aliphatic heterocycles. The Morgan fingerprint density at radius 3 is 2.58 bits per heavy atom. The molecule has 2 aromatic rings. The zero-order valence-corrected chi connectivity index (χ0v) is 15.7. The largest absolute Gasteiger partial charge is 0.491 e. The van der Waals surface area contributed by atoms with Crippen molar-refractivity contribution in [1.82, 2.24) is 5.32 Å². The number of benzene rings is 2. The monoisotopic (exact) mass is 391 g/mol. The summed E-state index contributed by atoms with van der Waals surface area (Å²) < 4.78 is 12.3. The van der Waals surface area contributed by atoms with E-state index in [1.807, 2.05) is 56.3 Å². The van der Waals surface area contributed by atoms with Gasteiger partial charge >= 0.3 is 0 Å². The van der Waals surface area contributed by atoms with Crippen LogP contribution in [0.25, 0.3) is 0 Å². The maximum atomic E-state index is 12.0. The van der Waals surface area contributed by atoms with E-state index < -0.39 is 6.10 Å². The maximum absolute atomic E-state index is 12.0. The Hall–Kier alpha value is -2.01. The van der Waals surface area contributed by atoms with Crippen molar-refractivity contribution < 1.29 is 14.3 Å². The van der Waals surface area contributed by atoms with Crippen LogP contribution in [-0.2, 0) is 4.79 Å². The summed E-state index contributed by atoms with van der Waals surface area (Å²) in [6, 6.07) is 13.3. The van der Waals surface area contributed by atoms with Crippen LogP contribution in [0.1, 0.15) is 18.1 Å². The molecule has 0 bridgehead atoms. The molecule has 1 atom stereocenters. The zero-order chi connectivity index (χ0) is 17.5. The third-order valence-electron chi connectivity index (χ3n) is 3.71. The molecule has 1 amide bonds. The molecule has 0 fully saturated rings. The van der Waals surface area contributed by atoms with Crippen molar-refractivity contribution in [3.05, 3.63) is 58.1 Å². The van der Waals surface area contributed by atoms with Gasteiger partial charge in [-0.05, 0) is 62.2 Å². The zero-order valence-electron chi connectivity index (χ0n) is 14.1. The molecule has 0 aromatic heterocycles. The van der Waals surface area contributed by atoms with Gasteiger partial charge in [0, 0.05) is 4.47 Å². The fourth-order valence-corrected chi connectivity index (χ4v) is 2.39. The van der Waals surface area contributed by atoms with Crippen LogP contribution in [0.4, 0.5) is 0 Å². The average Bonchev–Trinajstić information content (AvgIpc) is 2.57. The Labute approximate surface area is 151 Å². The van der Waals surface area contributed by atoms with Gasteiger partial charge in [0.15, 0.2) is 6.10 Å². The summed E-state index contributed by atoms with van der Waals surface area (Å²) in [5, 5.41) is 2.82. The average molecular weight is 392 g/mol. The Kier molecular flexibility index (Phi) is 6.67. The van der Waals surface area contributed by atoms with E-state index in [1.165, 1.54) is 5.56 Å². The number of hydrogen-bond donors (Lipinski definition) is 1. The summed E-state index contributed by atoms with van der Waals surface area (Å²) in [5.74, 6) is 1.35. The molecule has 0 aliphatic carbocycles. The molecule has 0 aliphatic rings. The molecule has 4 nitrogen and oxygen atoms in total. The second-order valence-electron chi connectivity index (χ2n) is 5.55. The van der Waals surface area contributed by atoms with Gasteiger partial charge in [-0.15, -0.1) is 0 Å². The molecule has 0 saturated heterocycles. The van der Waals surface area contributed by atoms with Crippen LogP contribution in [0.15, 0.2) is 46.9 Å². The van der Waals surface area contributed by atoms with Crippen LogP contribution >= 0.6 is 15.9 Å². The third kappa shape index (κ3) is 5.27. The van der Waals surface area contributed by atoms with E-state index in [9.17, 15) is 4.79 Å². The molecule has 0 spiro atoms. The fraction of sp³-hybridized carbons (Fsp3) is 0.316. The topological polar surface area (TPSA) is 47.6 Å². The fourth-order valence-electron chi connectivity index (χ4n) is 2.13. The molecule has 24 heavy (non-hydrogen) atoms. The summed E-state index contributed by atoms with van der Waals surface area (Å²) in [5.41, 5.74) is 2.31. The van der Waals surface area contributed by atoms with Crippen molar-refractivity contribution in [2.24, 2.45) is 0 Å². The standard InChI is InChI=1S/C19H22BrNO3/c1-13-5-4-6-18(14(13)2)23-12-11-21-19(22)15(3)24-17-9-7-16(20)8-10-17/h4-10,15H,11-12H2,1-3H3,(H,21,22). The van der Waals surface area contributed by atoms with Crippen molar-refractivity contribution in [2.45, 2.75) is 26.9 Å². The lowest BCUT2D eigenvalue weighted by Gasteiger charge is -2.15. The second-order valence-corrected chi connectivity index (χ2v) is 6.47. The van der Waals surface area contributed by atoms with Crippen LogP contribution in [0.5, 0.6) is 11.5 Å². The Morgan fingerprint density at radius 2 is 1.88 bits per heavy atom. The van der Waals surface area contributed by atoms with Gasteiger partial charge in [0.2, 0.25) is 0 Å². The number of aryl methyl sites for hydroxylation is 1. The van der Waals surface area contributed by atoms with Crippen LogP contribution in [-0.4, -0.2) is 25.2 Å². The van der Waals surface area contributed by atoms with E-state index in [2.05, 4.69) is 21.2 Å². The van der Waals surface area contributed by atoms with Gasteiger partial charge in [-0.3, -0.25) is 4.79 Å². The molecular formula is C19H22BrNO3. The summed E-state index contributed by atoms with van der Waals surface area (Å²) in [7, 11) is 0. The van der Waals surface area contributed by atoms with Crippen LogP contribution in [0, 0.1) is 13.8 Å². The predicted molar refractivity (Wildman–Crippen MR) is 98.7 cm³/mol. The molecule has 1 unspecified atom stereocenters. The molecule has 1 N–H and O–H groups in total. The molecule has 5 heteroatoms. The van der Waals surface area contributed by atoms with Crippen LogP contribution < -0.4 is 14.8 Å². The smallest absolute Gasteiger partial charge is 0.260 e. The number of halogens is 1.